The summed E-state index contributed by atoms with van der Waals surface area (Å²) in [7, 11) is 0. The van der Waals surface area contributed by atoms with Crippen LogP contribution >= 0.6 is 0 Å². The summed E-state index contributed by atoms with van der Waals surface area (Å²) in [5, 5.41) is 10.0. The summed E-state index contributed by atoms with van der Waals surface area (Å²) in [5.74, 6) is 1.05. The molecule has 1 unspecified atom stereocenters. The van der Waals surface area contributed by atoms with Crippen molar-refractivity contribution in [2.75, 3.05) is 26.3 Å². The molecule has 0 radical (unpaired) electrons. The van der Waals surface area contributed by atoms with Crippen molar-refractivity contribution in [1.29, 1.82) is 0 Å². The lowest BCUT2D eigenvalue weighted by Crippen LogP contribution is -2.40. The third-order valence-electron chi connectivity index (χ3n) is 3.25. The Balaban J connectivity index is 1.96. The van der Waals surface area contributed by atoms with E-state index < -0.39 is 0 Å². The molecule has 0 spiro atoms. The third kappa shape index (κ3) is 4.11. The molecule has 1 aliphatic heterocycles. The minimum atomic E-state index is 0.267. The van der Waals surface area contributed by atoms with Gasteiger partial charge in [-0.2, -0.15) is 0 Å². The first-order valence-corrected chi connectivity index (χ1v) is 6.97. The molecule has 0 aromatic heterocycles. The van der Waals surface area contributed by atoms with Crippen LogP contribution in [0.1, 0.15) is 25.8 Å². The van der Waals surface area contributed by atoms with Gasteiger partial charge in [0.2, 0.25) is 0 Å². The maximum absolute atomic E-state index is 10.0. The van der Waals surface area contributed by atoms with Gasteiger partial charge in [-0.05, 0) is 19.4 Å². The fourth-order valence-corrected chi connectivity index (χ4v) is 2.26. The van der Waals surface area contributed by atoms with Crippen molar-refractivity contribution in [1.82, 2.24) is 4.90 Å². The van der Waals surface area contributed by atoms with Crippen LogP contribution in [0.25, 0.3) is 0 Å². The quantitative estimate of drug-likeness (QED) is 0.887. The molecule has 1 N–H and O–H groups in total. The highest BCUT2D eigenvalue weighted by atomic mass is 16.5. The molecular weight excluding hydrogens is 242 g/mol. The summed E-state index contributed by atoms with van der Waals surface area (Å²) in [5.41, 5.74) is 0.943. The Bertz CT molecular complexity index is 408. The largest absolute Gasteiger partial charge is 0.507 e. The van der Waals surface area contributed by atoms with E-state index in [0.29, 0.717) is 12.4 Å². The van der Waals surface area contributed by atoms with Gasteiger partial charge in [0, 0.05) is 31.3 Å². The van der Waals surface area contributed by atoms with E-state index in [1.54, 1.807) is 6.07 Å². The summed E-state index contributed by atoms with van der Waals surface area (Å²) in [6.07, 6.45) is 1.23. The Kier molecular flexibility index (Phi) is 5.05. The summed E-state index contributed by atoms with van der Waals surface area (Å²) in [4.78, 5) is 2.30. The number of nitrogens with zero attached hydrogens (tertiary/aromatic N) is 1. The van der Waals surface area contributed by atoms with Crippen LogP contribution in [0.3, 0.4) is 0 Å². The van der Waals surface area contributed by atoms with Crippen molar-refractivity contribution in [3.05, 3.63) is 23.8 Å². The molecule has 4 nitrogen and oxygen atoms in total. The van der Waals surface area contributed by atoms with Gasteiger partial charge < -0.3 is 14.6 Å². The highest BCUT2D eigenvalue weighted by Crippen LogP contribution is 2.25. The predicted octanol–water partition coefficient (Wildman–Crippen LogP) is 2.40. The number of benzene rings is 1. The predicted molar refractivity (Wildman–Crippen MR) is 74.6 cm³/mol. The van der Waals surface area contributed by atoms with Crippen LogP contribution in [0.15, 0.2) is 18.2 Å². The fraction of sp³-hybridized carbons (Fsp3) is 0.600. The molecule has 2 rings (SSSR count). The molecule has 0 saturated carbocycles. The van der Waals surface area contributed by atoms with E-state index >= 15 is 0 Å². The molecule has 106 valence electrons. The second-order valence-corrected chi connectivity index (χ2v) is 5.06. The van der Waals surface area contributed by atoms with Gasteiger partial charge in [-0.15, -0.1) is 0 Å². The third-order valence-corrected chi connectivity index (χ3v) is 3.25. The van der Waals surface area contributed by atoms with Crippen LogP contribution < -0.4 is 4.74 Å². The highest BCUT2D eigenvalue weighted by molar-refractivity contribution is 5.39. The van der Waals surface area contributed by atoms with Crippen LogP contribution in [0.4, 0.5) is 0 Å². The Morgan fingerprint density at radius 2 is 2.32 bits per heavy atom. The van der Waals surface area contributed by atoms with Crippen molar-refractivity contribution in [3.63, 3.8) is 0 Å². The van der Waals surface area contributed by atoms with Gasteiger partial charge in [-0.3, -0.25) is 4.90 Å². The van der Waals surface area contributed by atoms with E-state index in [9.17, 15) is 5.11 Å². The van der Waals surface area contributed by atoms with Gasteiger partial charge in [0.1, 0.15) is 11.5 Å². The molecule has 1 atom stereocenters. The fourth-order valence-electron chi connectivity index (χ4n) is 2.26. The molecule has 19 heavy (non-hydrogen) atoms. The zero-order chi connectivity index (χ0) is 13.7. The van der Waals surface area contributed by atoms with Crippen LogP contribution in [-0.4, -0.2) is 42.4 Å². The average molecular weight is 265 g/mol. The molecule has 1 aromatic rings. The summed E-state index contributed by atoms with van der Waals surface area (Å²) in [6.45, 7) is 8.17. The zero-order valence-corrected chi connectivity index (χ0v) is 11.8. The summed E-state index contributed by atoms with van der Waals surface area (Å²) < 4.78 is 11.0. The standard InChI is InChI=1S/C15H23NO3/c1-3-7-19-14-5-4-13(15(17)9-14)11-16-6-8-18-12(2)10-16/h4-5,9,12,17H,3,6-8,10-11H2,1-2H3. The van der Waals surface area contributed by atoms with Crippen LogP contribution in [0.2, 0.25) is 0 Å². The molecule has 1 saturated heterocycles. The maximum atomic E-state index is 10.0. The molecule has 1 aliphatic rings. The first kappa shape index (κ1) is 14.2. The Labute approximate surface area is 114 Å². The number of ether oxygens (including phenoxy) is 2. The summed E-state index contributed by atoms with van der Waals surface area (Å²) in [6, 6.07) is 5.57. The second-order valence-electron chi connectivity index (χ2n) is 5.06. The number of rotatable bonds is 5. The number of morpholine rings is 1. The molecule has 0 bridgehead atoms. The van der Waals surface area contributed by atoms with Gasteiger partial charge in [-0.25, -0.2) is 0 Å². The van der Waals surface area contributed by atoms with E-state index in [1.807, 2.05) is 12.1 Å². The van der Waals surface area contributed by atoms with Crippen molar-refractivity contribution in [2.45, 2.75) is 32.9 Å². The lowest BCUT2D eigenvalue weighted by molar-refractivity contribution is -0.0214. The highest BCUT2D eigenvalue weighted by Gasteiger charge is 2.17. The zero-order valence-electron chi connectivity index (χ0n) is 11.8. The Morgan fingerprint density at radius 1 is 1.47 bits per heavy atom. The van der Waals surface area contributed by atoms with E-state index in [4.69, 9.17) is 9.47 Å². The molecular formula is C15H23NO3. The van der Waals surface area contributed by atoms with Gasteiger partial charge in [-0.1, -0.05) is 13.0 Å². The van der Waals surface area contributed by atoms with E-state index in [0.717, 1.165) is 44.0 Å². The van der Waals surface area contributed by atoms with E-state index in [1.165, 1.54) is 0 Å². The normalized spacial score (nSPS) is 20.4. The van der Waals surface area contributed by atoms with Gasteiger partial charge in [0.25, 0.3) is 0 Å². The van der Waals surface area contributed by atoms with Crippen LogP contribution in [0, 0.1) is 0 Å². The number of hydrogen-bond donors (Lipinski definition) is 1. The molecule has 1 fully saturated rings. The van der Waals surface area contributed by atoms with Crippen LogP contribution in [0.5, 0.6) is 11.5 Å². The second kappa shape index (κ2) is 6.78. The Morgan fingerprint density at radius 3 is 3.00 bits per heavy atom. The molecule has 4 heteroatoms. The number of phenolic OH excluding ortho intramolecular Hbond substituents is 1. The number of aromatic hydroxyl groups is 1. The average Bonchev–Trinajstić information content (AvgIpc) is 2.39. The molecule has 1 heterocycles. The number of phenols is 1. The Hall–Kier alpha value is -1.26. The van der Waals surface area contributed by atoms with Crippen molar-refractivity contribution < 1.29 is 14.6 Å². The first-order chi connectivity index (χ1) is 9.19. The molecule has 0 aliphatic carbocycles. The number of hydrogen-bond acceptors (Lipinski definition) is 4. The van der Waals surface area contributed by atoms with Gasteiger partial charge in [0.15, 0.2) is 0 Å². The van der Waals surface area contributed by atoms with E-state index in [2.05, 4.69) is 18.7 Å². The lowest BCUT2D eigenvalue weighted by atomic mass is 10.1. The van der Waals surface area contributed by atoms with Crippen LogP contribution in [-0.2, 0) is 11.3 Å². The summed E-state index contributed by atoms with van der Waals surface area (Å²) >= 11 is 0. The lowest BCUT2D eigenvalue weighted by Gasteiger charge is -2.31. The van der Waals surface area contributed by atoms with Gasteiger partial charge >= 0.3 is 0 Å². The first-order valence-electron chi connectivity index (χ1n) is 6.97. The van der Waals surface area contributed by atoms with Crippen molar-refractivity contribution in [2.24, 2.45) is 0 Å². The van der Waals surface area contributed by atoms with Crippen molar-refractivity contribution in [3.8, 4) is 11.5 Å². The SMILES string of the molecule is CCCOc1ccc(CN2CCOC(C)C2)c(O)c1. The van der Waals surface area contributed by atoms with Gasteiger partial charge in [0.05, 0.1) is 19.3 Å². The minimum Gasteiger partial charge on any atom is -0.507 e. The van der Waals surface area contributed by atoms with E-state index in [-0.39, 0.29) is 6.10 Å². The molecule has 1 aromatic carbocycles. The monoisotopic (exact) mass is 265 g/mol. The van der Waals surface area contributed by atoms with Crippen molar-refractivity contribution >= 4 is 0 Å². The topological polar surface area (TPSA) is 41.9 Å². The molecule has 0 amide bonds. The maximum Gasteiger partial charge on any atom is 0.123 e. The smallest absolute Gasteiger partial charge is 0.123 e. The minimum absolute atomic E-state index is 0.267.